The number of likely N-dealkylation sites (tertiary alicyclic amines) is 1. The number of aliphatic imine (C=N–C) groups is 1. The summed E-state index contributed by atoms with van der Waals surface area (Å²) in [6, 6.07) is 0.623. The van der Waals surface area contributed by atoms with E-state index in [1.54, 1.807) is 7.05 Å². The van der Waals surface area contributed by atoms with Gasteiger partial charge in [0.05, 0.1) is 19.8 Å². The first kappa shape index (κ1) is 16.5. The lowest BCUT2D eigenvalue weighted by Gasteiger charge is -2.32. The highest BCUT2D eigenvalue weighted by atomic mass is 127. The monoisotopic (exact) mass is 378 g/mol. The molecule has 2 fully saturated rings. The van der Waals surface area contributed by atoms with Gasteiger partial charge in [0.15, 0.2) is 5.96 Å². The van der Waals surface area contributed by atoms with E-state index in [9.17, 15) is 0 Å². The molecule has 6 heteroatoms. The van der Waals surface area contributed by atoms with Crippen molar-refractivity contribution in [3.63, 3.8) is 0 Å². The fraction of sp³-hybridized carbons (Fsp3) is 0.769. The van der Waals surface area contributed by atoms with E-state index < -0.39 is 0 Å². The molecule has 0 aromatic heterocycles. The standard InChI is InChI=1S/C13H22N4O.HI/c1-3-5-15-13(14-2)17-6-4-12(11-17)16-7-9-18-10-8-16;/h1,12H,4-11H2,2H3,(H,14,15);1H. The number of guanidine groups is 1. The SMILES string of the molecule is C#CCNC(=NC)N1CCC(N2CCOCC2)C1.I. The van der Waals surface area contributed by atoms with E-state index in [1.807, 2.05) is 0 Å². The predicted octanol–water partition coefficient (Wildman–Crippen LogP) is 0.219. The van der Waals surface area contributed by atoms with E-state index in [0.29, 0.717) is 12.6 Å². The van der Waals surface area contributed by atoms with Crippen molar-refractivity contribution < 1.29 is 4.74 Å². The first-order chi connectivity index (χ1) is 8.85. The summed E-state index contributed by atoms with van der Waals surface area (Å²) in [6.07, 6.45) is 6.46. The molecular formula is C13H23IN4O. The van der Waals surface area contributed by atoms with Gasteiger partial charge in [-0.25, -0.2) is 0 Å². The lowest BCUT2D eigenvalue weighted by atomic mass is 10.2. The summed E-state index contributed by atoms with van der Waals surface area (Å²) in [5, 5.41) is 3.18. The Hall–Kier alpha value is -0.520. The minimum Gasteiger partial charge on any atom is -0.379 e. The van der Waals surface area contributed by atoms with Gasteiger partial charge in [-0.1, -0.05) is 5.92 Å². The molecule has 2 aliphatic rings. The zero-order valence-electron chi connectivity index (χ0n) is 11.5. The number of nitrogens with one attached hydrogen (secondary N) is 1. The quantitative estimate of drug-likeness (QED) is 0.323. The molecule has 2 aliphatic heterocycles. The molecule has 2 saturated heterocycles. The molecule has 1 atom stereocenters. The maximum atomic E-state index is 5.39. The molecule has 0 aliphatic carbocycles. The molecule has 0 aromatic rings. The Morgan fingerprint density at radius 1 is 1.42 bits per heavy atom. The van der Waals surface area contributed by atoms with Crippen molar-refractivity contribution in [2.75, 3.05) is 53.0 Å². The molecule has 0 bridgehead atoms. The zero-order valence-corrected chi connectivity index (χ0v) is 13.8. The molecule has 0 saturated carbocycles. The van der Waals surface area contributed by atoms with E-state index in [-0.39, 0.29) is 24.0 Å². The lowest BCUT2D eigenvalue weighted by molar-refractivity contribution is 0.0195. The van der Waals surface area contributed by atoms with Gasteiger partial charge < -0.3 is 15.0 Å². The summed E-state index contributed by atoms with van der Waals surface area (Å²) in [5.74, 6) is 3.51. The minimum atomic E-state index is 0. The smallest absolute Gasteiger partial charge is 0.194 e. The van der Waals surface area contributed by atoms with Crippen molar-refractivity contribution in [3.8, 4) is 12.3 Å². The van der Waals surface area contributed by atoms with E-state index in [1.165, 1.54) is 6.42 Å². The molecule has 5 nitrogen and oxygen atoms in total. The normalized spacial score (nSPS) is 24.7. The van der Waals surface area contributed by atoms with Gasteiger partial charge in [0, 0.05) is 39.3 Å². The van der Waals surface area contributed by atoms with Crippen molar-refractivity contribution in [2.45, 2.75) is 12.5 Å². The molecule has 0 spiro atoms. The lowest BCUT2D eigenvalue weighted by Crippen LogP contribution is -2.46. The van der Waals surface area contributed by atoms with Gasteiger partial charge in [-0.2, -0.15) is 0 Å². The van der Waals surface area contributed by atoms with Crippen LogP contribution in [0.3, 0.4) is 0 Å². The van der Waals surface area contributed by atoms with Crippen LogP contribution in [0.1, 0.15) is 6.42 Å². The maximum absolute atomic E-state index is 5.39. The summed E-state index contributed by atoms with van der Waals surface area (Å²) < 4.78 is 5.39. The van der Waals surface area contributed by atoms with E-state index in [2.05, 4.69) is 26.0 Å². The average molecular weight is 378 g/mol. The molecule has 2 heterocycles. The fourth-order valence-corrected chi connectivity index (χ4v) is 2.64. The first-order valence-electron chi connectivity index (χ1n) is 6.56. The second-order valence-corrected chi connectivity index (χ2v) is 4.64. The Morgan fingerprint density at radius 2 is 2.16 bits per heavy atom. The van der Waals surface area contributed by atoms with Crippen molar-refractivity contribution in [2.24, 2.45) is 4.99 Å². The highest BCUT2D eigenvalue weighted by molar-refractivity contribution is 14.0. The van der Waals surface area contributed by atoms with Crippen LogP contribution in [0.25, 0.3) is 0 Å². The third-order valence-electron chi connectivity index (χ3n) is 3.59. The third kappa shape index (κ3) is 4.51. The van der Waals surface area contributed by atoms with Crippen LogP contribution in [-0.2, 0) is 4.74 Å². The Morgan fingerprint density at radius 3 is 2.79 bits per heavy atom. The van der Waals surface area contributed by atoms with Crippen LogP contribution in [0, 0.1) is 12.3 Å². The van der Waals surface area contributed by atoms with Crippen molar-refractivity contribution in [3.05, 3.63) is 0 Å². The summed E-state index contributed by atoms with van der Waals surface area (Å²) in [4.78, 5) is 9.09. The highest BCUT2D eigenvalue weighted by Gasteiger charge is 2.29. The summed E-state index contributed by atoms with van der Waals surface area (Å²) in [6.45, 7) is 6.44. The Kier molecular flexibility index (Phi) is 7.49. The molecule has 108 valence electrons. The number of rotatable bonds is 2. The second kappa shape index (κ2) is 8.61. The number of hydrogen-bond donors (Lipinski definition) is 1. The number of morpholine rings is 1. The molecule has 0 aromatic carbocycles. The van der Waals surface area contributed by atoms with Gasteiger partial charge in [0.25, 0.3) is 0 Å². The first-order valence-corrected chi connectivity index (χ1v) is 6.56. The molecule has 0 amide bonds. The molecule has 19 heavy (non-hydrogen) atoms. The van der Waals surface area contributed by atoms with Crippen molar-refractivity contribution in [1.29, 1.82) is 0 Å². The van der Waals surface area contributed by atoms with E-state index in [0.717, 1.165) is 45.4 Å². The Labute approximate surface area is 132 Å². The highest BCUT2D eigenvalue weighted by Crippen LogP contribution is 2.16. The number of nitrogens with zero attached hydrogens (tertiary/aromatic N) is 3. The van der Waals surface area contributed by atoms with Crippen LogP contribution < -0.4 is 5.32 Å². The van der Waals surface area contributed by atoms with Crippen molar-refractivity contribution in [1.82, 2.24) is 15.1 Å². The fourth-order valence-electron chi connectivity index (χ4n) is 2.64. The summed E-state index contributed by atoms with van der Waals surface area (Å²) >= 11 is 0. The van der Waals surface area contributed by atoms with Crippen LogP contribution in [0.2, 0.25) is 0 Å². The molecule has 1 N–H and O–H groups in total. The second-order valence-electron chi connectivity index (χ2n) is 4.64. The molecular weight excluding hydrogens is 355 g/mol. The number of hydrogen-bond acceptors (Lipinski definition) is 3. The predicted molar refractivity (Wildman–Crippen MR) is 88.0 cm³/mol. The van der Waals surface area contributed by atoms with Gasteiger partial charge in [0.1, 0.15) is 0 Å². The molecule has 1 unspecified atom stereocenters. The van der Waals surface area contributed by atoms with Gasteiger partial charge in [0.2, 0.25) is 0 Å². The Bertz CT molecular complexity index is 336. The van der Waals surface area contributed by atoms with Crippen LogP contribution >= 0.6 is 24.0 Å². The molecule has 0 radical (unpaired) electrons. The van der Waals surface area contributed by atoms with Gasteiger partial charge >= 0.3 is 0 Å². The van der Waals surface area contributed by atoms with Crippen molar-refractivity contribution >= 4 is 29.9 Å². The minimum absolute atomic E-state index is 0. The average Bonchev–Trinajstić information content (AvgIpc) is 2.90. The number of halogens is 1. The van der Waals surface area contributed by atoms with Crippen LogP contribution in [0.5, 0.6) is 0 Å². The molecule has 2 rings (SSSR count). The zero-order chi connectivity index (χ0) is 12.8. The van der Waals surface area contributed by atoms with E-state index in [4.69, 9.17) is 11.2 Å². The topological polar surface area (TPSA) is 40.1 Å². The number of terminal acetylenes is 1. The summed E-state index contributed by atoms with van der Waals surface area (Å²) in [7, 11) is 1.81. The van der Waals surface area contributed by atoms with Gasteiger partial charge in [-0.15, -0.1) is 30.4 Å². The maximum Gasteiger partial charge on any atom is 0.194 e. The van der Waals surface area contributed by atoms with Gasteiger partial charge in [-0.05, 0) is 6.42 Å². The summed E-state index contributed by atoms with van der Waals surface area (Å²) in [5.41, 5.74) is 0. The van der Waals surface area contributed by atoms with Crippen LogP contribution in [0.4, 0.5) is 0 Å². The van der Waals surface area contributed by atoms with Gasteiger partial charge in [-0.3, -0.25) is 9.89 Å². The number of ether oxygens (including phenoxy) is 1. The van der Waals surface area contributed by atoms with Crippen LogP contribution in [0.15, 0.2) is 4.99 Å². The van der Waals surface area contributed by atoms with Crippen LogP contribution in [-0.4, -0.2) is 74.8 Å². The van der Waals surface area contributed by atoms with E-state index >= 15 is 0 Å². The Balaban J connectivity index is 0.00000180. The third-order valence-corrected chi connectivity index (χ3v) is 3.59. The largest absolute Gasteiger partial charge is 0.379 e.